The molecule has 1 heterocycles. The lowest BCUT2D eigenvalue weighted by Crippen LogP contribution is -2.33. The summed E-state index contributed by atoms with van der Waals surface area (Å²) in [5, 5.41) is 8.80. The average Bonchev–Trinajstić information content (AvgIpc) is 2.67. The summed E-state index contributed by atoms with van der Waals surface area (Å²) in [6.07, 6.45) is 4.96. The second-order valence-corrected chi connectivity index (χ2v) is 5.36. The fourth-order valence-electron chi connectivity index (χ4n) is 2.63. The largest absolute Gasteiger partial charge is 0.481 e. The number of aliphatic carboxylic acids is 1. The number of carbonyl (C=O) groups is 2. The van der Waals surface area contributed by atoms with Gasteiger partial charge in [-0.05, 0) is 24.0 Å². The summed E-state index contributed by atoms with van der Waals surface area (Å²) in [4.78, 5) is 24.9. The third kappa shape index (κ3) is 4.37. The molecule has 1 aliphatic rings. The molecule has 20 heavy (non-hydrogen) atoms. The molecule has 1 aromatic carbocycles. The van der Waals surface area contributed by atoms with Crippen LogP contribution >= 0.6 is 0 Å². The lowest BCUT2D eigenvalue weighted by molar-refractivity contribution is -0.136. The number of nitrogens with zero attached hydrogens (tertiary/aromatic N) is 1. The predicted octanol–water partition coefficient (Wildman–Crippen LogP) is 2.26. The number of carboxylic acid groups (broad SMARTS) is 1. The van der Waals surface area contributed by atoms with E-state index in [0.29, 0.717) is 6.42 Å². The van der Waals surface area contributed by atoms with E-state index >= 15 is 0 Å². The number of amides is 1. The molecule has 0 unspecified atom stereocenters. The highest BCUT2D eigenvalue weighted by Gasteiger charge is 2.15. The number of hydrogen-bond donors (Lipinski definition) is 1. The Morgan fingerprint density at radius 3 is 2.20 bits per heavy atom. The van der Waals surface area contributed by atoms with Crippen molar-refractivity contribution in [2.24, 2.45) is 0 Å². The summed E-state index contributed by atoms with van der Waals surface area (Å²) in [5.74, 6) is -0.694. The Morgan fingerprint density at radius 1 is 1.00 bits per heavy atom. The Kier molecular flexibility index (Phi) is 5.16. The molecular formula is C16H21NO3. The van der Waals surface area contributed by atoms with Crippen LogP contribution in [0.5, 0.6) is 0 Å². The van der Waals surface area contributed by atoms with Gasteiger partial charge in [-0.2, -0.15) is 0 Å². The van der Waals surface area contributed by atoms with E-state index in [2.05, 4.69) is 0 Å². The van der Waals surface area contributed by atoms with Gasteiger partial charge < -0.3 is 10.0 Å². The number of carboxylic acids is 1. The summed E-state index contributed by atoms with van der Waals surface area (Å²) in [5.41, 5.74) is 1.65. The van der Waals surface area contributed by atoms with Gasteiger partial charge >= 0.3 is 5.97 Å². The van der Waals surface area contributed by atoms with Gasteiger partial charge in [-0.25, -0.2) is 0 Å². The van der Waals surface area contributed by atoms with E-state index in [1.54, 1.807) is 6.07 Å². The molecule has 0 aliphatic carbocycles. The van der Waals surface area contributed by atoms with Crippen LogP contribution in [0.2, 0.25) is 0 Å². The van der Waals surface area contributed by atoms with Crippen LogP contribution in [-0.2, 0) is 22.4 Å². The molecule has 4 nitrogen and oxygen atoms in total. The Balaban J connectivity index is 1.97. The molecule has 0 spiro atoms. The van der Waals surface area contributed by atoms with Crippen molar-refractivity contribution in [1.82, 2.24) is 4.90 Å². The van der Waals surface area contributed by atoms with E-state index in [1.807, 2.05) is 23.1 Å². The summed E-state index contributed by atoms with van der Waals surface area (Å²) in [6.45, 7) is 1.71. The van der Waals surface area contributed by atoms with E-state index < -0.39 is 5.97 Å². The number of benzene rings is 1. The van der Waals surface area contributed by atoms with Crippen molar-refractivity contribution < 1.29 is 14.7 Å². The van der Waals surface area contributed by atoms with Gasteiger partial charge in [-0.15, -0.1) is 0 Å². The van der Waals surface area contributed by atoms with E-state index in [4.69, 9.17) is 5.11 Å². The fraction of sp³-hybridized carbons (Fsp3) is 0.500. The average molecular weight is 275 g/mol. The van der Waals surface area contributed by atoms with Crippen molar-refractivity contribution in [3.63, 3.8) is 0 Å². The zero-order valence-electron chi connectivity index (χ0n) is 11.7. The van der Waals surface area contributed by atoms with E-state index in [9.17, 15) is 9.59 Å². The second-order valence-electron chi connectivity index (χ2n) is 5.36. The van der Waals surface area contributed by atoms with Crippen molar-refractivity contribution in [1.29, 1.82) is 0 Å². The Labute approximate surface area is 119 Å². The Hall–Kier alpha value is -1.84. The van der Waals surface area contributed by atoms with Crippen LogP contribution in [0.15, 0.2) is 24.3 Å². The number of likely N-dealkylation sites (tertiary alicyclic amines) is 1. The standard InChI is InChI=1S/C16H21NO3/c18-15(17-8-3-1-2-4-9-17)11-13-6-5-7-14(10-13)12-16(19)20/h5-7,10H,1-4,8-9,11-12H2,(H,19,20). The van der Waals surface area contributed by atoms with Crippen molar-refractivity contribution in [2.45, 2.75) is 38.5 Å². The number of rotatable bonds is 4. The molecule has 108 valence electrons. The topological polar surface area (TPSA) is 57.6 Å². The summed E-state index contributed by atoms with van der Waals surface area (Å²) in [6, 6.07) is 7.32. The molecule has 1 amide bonds. The maximum Gasteiger partial charge on any atom is 0.307 e. The SMILES string of the molecule is O=C(O)Cc1cccc(CC(=O)N2CCCCCC2)c1. The number of carbonyl (C=O) groups excluding carboxylic acids is 1. The van der Waals surface area contributed by atoms with Crippen LogP contribution in [-0.4, -0.2) is 35.0 Å². The van der Waals surface area contributed by atoms with Crippen LogP contribution in [0.25, 0.3) is 0 Å². The summed E-state index contributed by atoms with van der Waals surface area (Å²) < 4.78 is 0. The van der Waals surface area contributed by atoms with Crippen molar-refractivity contribution in [2.75, 3.05) is 13.1 Å². The molecule has 0 bridgehead atoms. The van der Waals surface area contributed by atoms with Gasteiger partial charge in [0.2, 0.25) is 5.91 Å². The summed E-state index contributed by atoms with van der Waals surface area (Å²) in [7, 11) is 0. The molecule has 2 rings (SSSR count). The monoisotopic (exact) mass is 275 g/mol. The Bertz CT molecular complexity index is 476. The molecule has 1 aliphatic heterocycles. The quantitative estimate of drug-likeness (QED) is 0.917. The fourth-order valence-corrected chi connectivity index (χ4v) is 2.63. The molecule has 1 saturated heterocycles. The highest BCUT2D eigenvalue weighted by molar-refractivity contribution is 5.79. The van der Waals surface area contributed by atoms with Crippen LogP contribution < -0.4 is 0 Å². The van der Waals surface area contributed by atoms with Gasteiger partial charge in [-0.3, -0.25) is 9.59 Å². The predicted molar refractivity (Wildman–Crippen MR) is 76.5 cm³/mol. The van der Waals surface area contributed by atoms with Crippen LogP contribution in [0, 0.1) is 0 Å². The number of hydrogen-bond acceptors (Lipinski definition) is 2. The lowest BCUT2D eigenvalue weighted by atomic mass is 10.1. The first-order chi connectivity index (χ1) is 9.65. The van der Waals surface area contributed by atoms with Crippen molar-refractivity contribution in [3.8, 4) is 0 Å². The van der Waals surface area contributed by atoms with E-state index in [1.165, 1.54) is 12.8 Å². The molecule has 0 atom stereocenters. The highest BCUT2D eigenvalue weighted by Crippen LogP contribution is 2.13. The Morgan fingerprint density at radius 2 is 1.60 bits per heavy atom. The van der Waals surface area contributed by atoms with Crippen LogP contribution in [0.4, 0.5) is 0 Å². The molecule has 1 aromatic rings. The molecule has 4 heteroatoms. The maximum absolute atomic E-state index is 12.3. The smallest absolute Gasteiger partial charge is 0.307 e. The van der Waals surface area contributed by atoms with E-state index in [-0.39, 0.29) is 12.3 Å². The second kappa shape index (κ2) is 7.08. The third-order valence-corrected chi connectivity index (χ3v) is 3.66. The molecule has 0 saturated carbocycles. The van der Waals surface area contributed by atoms with Crippen LogP contribution in [0.3, 0.4) is 0 Å². The molecule has 0 radical (unpaired) electrons. The van der Waals surface area contributed by atoms with Gasteiger partial charge in [0.1, 0.15) is 0 Å². The van der Waals surface area contributed by atoms with E-state index in [0.717, 1.165) is 37.1 Å². The van der Waals surface area contributed by atoms with Gasteiger partial charge in [0.25, 0.3) is 0 Å². The molecular weight excluding hydrogens is 254 g/mol. The third-order valence-electron chi connectivity index (χ3n) is 3.66. The van der Waals surface area contributed by atoms with Crippen molar-refractivity contribution in [3.05, 3.63) is 35.4 Å². The minimum absolute atomic E-state index is 0.00570. The first kappa shape index (κ1) is 14.6. The zero-order valence-corrected chi connectivity index (χ0v) is 11.7. The minimum atomic E-state index is -0.846. The molecule has 0 aromatic heterocycles. The minimum Gasteiger partial charge on any atom is -0.481 e. The first-order valence-corrected chi connectivity index (χ1v) is 7.22. The van der Waals surface area contributed by atoms with Gasteiger partial charge in [0.15, 0.2) is 0 Å². The highest BCUT2D eigenvalue weighted by atomic mass is 16.4. The summed E-state index contributed by atoms with van der Waals surface area (Å²) >= 11 is 0. The molecule has 1 fully saturated rings. The van der Waals surface area contributed by atoms with Gasteiger partial charge in [-0.1, -0.05) is 37.1 Å². The zero-order chi connectivity index (χ0) is 14.4. The first-order valence-electron chi connectivity index (χ1n) is 7.22. The maximum atomic E-state index is 12.3. The molecule has 1 N–H and O–H groups in total. The normalized spacial score (nSPS) is 15.7. The van der Waals surface area contributed by atoms with Gasteiger partial charge in [0, 0.05) is 13.1 Å². The lowest BCUT2D eigenvalue weighted by Gasteiger charge is -2.20. The van der Waals surface area contributed by atoms with Crippen LogP contribution in [0.1, 0.15) is 36.8 Å². The van der Waals surface area contributed by atoms with Crippen molar-refractivity contribution >= 4 is 11.9 Å². The van der Waals surface area contributed by atoms with Gasteiger partial charge in [0.05, 0.1) is 12.8 Å².